The minimum atomic E-state index is -3.19. The monoisotopic (exact) mass is 258 g/mol. The van der Waals surface area contributed by atoms with E-state index < -0.39 is 15.6 Å². The molecule has 0 saturated carbocycles. The van der Waals surface area contributed by atoms with Crippen molar-refractivity contribution in [3.8, 4) is 0 Å². The molecule has 0 aliphatic rings. The summed E-state index contributed by atoms with van der Waals surface area (Å²) in [5, 5.41) is 3.15. The molecule has 1 aromatic rings. The van der Waals surface area contributed by atoms with Crippen LogP contribution in [0.4, 0.5) is 0 Å². The summed E-state index contributed by atoms with van der Waals surface area (Å²) >= 11 is 0. The van der Waals surface area contributed by atoms with Crippen LogP contribution in [0.25, 0.3) is 0 Å². The van der Waals surface area contributed by atoms with E-state index in [2.05, 4.69) is 20.0 Å². The summed E-state index contributed by atoms with van der Waals surface area (Å²) < 4.78 is 24.8. The topological polar surface area (TPSA) is 84.0 Å². The Hall–Kier alpha value is -1.05. The van der Waals surface area contributed by atoms with Crippen molar-refractivity contribution in [1.29, 1.82) is 0 Å². The van der Waals surface area contributed by atoms with Gasteiger partial charge in [0.1, 0.15) is 6.33 Å². The van der Waals surface area contributed by atoms with Gasteiger partial charge < -0.3 is 5.32 Å². The fraction of sp³-hybridized carbons (Fsp3) is 0.600. The van der Waals surface area contributed by atoms with E-state index in [0.717, 1.165) is 11.9 Å². The molecule has 0 bridgehead atoms. The fourth-order valence-corrected chi connectivity index (χ4v) is 2.54. The van der Waals surface area contributed by atoms with Crippen LogP contribution < -0.4 is 10.0 Å². The smallest absolute Gasteiger partial charge is 0.209 e. The van der Waals surface area contributed by atoms with Gasteiger partial charge in [-0.15, -0.1) is 0 Å². The zero-order valence-corrected chi connectivity index (χ0v) is 11.1. The van der Waals surface area contributed by atoms with Crippen LogP contribution in [0.5, 0.6) is 0 Å². The molecule has 0 unspecified atom stereocenters. The highest BCUT2D eigenvalue weighted by Crippen LogP contribution is 2.02. The fourth-order valence-electron chi connectivity index (χ4n) is 1.46. The van der Waals surface area contributed by atoms with E-state index in [9.17, 15) is 8.42 Å². The minimum absolute atomic E-state index is 0.518. The van der Waals surface area contributed by atoms with Gasteiger partial charge in [-0.05, 0) is 19.9 Å². The summed E-state index contributed by atoms with van der Waals surface area (Å²) in [7, 11) is -3.19. The van der Waals surface area contributed by atoms with Gasteiger partial charge in [0.05, 0.1) is 11.9 Å². The number of hydrogen-bond donors (Lipinski definition) is 2. The molecule has 0 radical (unpaired) electrons. The van der Waals surface area contributed by atoms with E-state index in [0.29, 0.717) is 13.1 Å². The van der Waals surface area contributed by atoms with Crippen LogP contribution in [0.2, 0.25) is 0 Å². The van der Waals surface area contributed by atoms with Crippen molar-refractivity contribution in [2.24, 2.45) is 0 Å². The SMILES string of the molecule is CC(C)(CNCc1ccncn1)NS(C)(=O)=O. The van der Waals surface area contributed by atoms with Crippen LogP contribution in [-0.4, -0.2) is 36.7 Å². The zero-order chi connectivity index (χ0) is 12.9. The lowest BCUT2D eigenvalue weighted by atomic mass is 10.1. The Morgan fingerprint density at radius 3 is 2.65 bits per heavy atom. The van der Waals surface area contributed by atoms with Gasteiger partial charge in [-0.25, -0.2) is 23.1 Å². The van der Waals surface area contributed by atoms with Crippen molar-refractivity contribution in [1.82, 2.24) is 20.0 Å². The van der Waals surface area contributed by atoms with Gasteiger partial charge in [0.2, 0.25) is 10.0 Å². The summed E-state index contributed by atoms with van der Waals surface area (Å²) in [5.74, 6) is 0. The van der Waals surface area contributed by atoms with Gasteiger partial charge >= 0.3 is 0 Å². The van der Waals surface area contributed by atoms with E-state index in [1.165, 1.54) is 6.33 Å². The molecule has 0 fully saturated rings. The summed E-state index contributed by atoms with van der Waals surface area (Å²) in [6, 6.07) is 1.81. The molecule has 96 valence electrons. The highest BCUT2D eigenvalue weighted by Gasteiger charge is 2.21. The molecule has 6 nitrogen and oxygen atoms in total. The first-order valence-corrected chi connectivity index (χ1v) is 7.12. The molecule has 1 rings (SSSR count). The first-order chi connectivity index (χ1) is 7.79. The highest BCUT2D eigenvalue weighted by atomic mass is 32.2. The first-order valence-electron chi connectivity index (χ1n) is 5.23. The summed E-state index contributed by atoms with van der Waals surface area (Å²) in [6.45, 7) is 4.74. The van der Waals surface area contributed by atoms with Crippen LogP contribution in [0.3, 0.4) is 0 Å². The van der Waals surface area contributed by atoms with E-state index in [1.807, 2.05) is 19.9 Å². The Morgan fingerprint density at radius 1 is 1.41 bits per heavy atom. The summed E-state index contributed by atoms with van der Waals surface area (Å²) in [4.78, 5) is 7.88. The summed E-state index contributed by atoms with van der Waals surface area (Å²) in [6.07, 6.45) is 4.31. The van der Waals surface area contributed by atoms with Gasteiger partial charge in [-0.2, -0.15) is 0 Å². The molecule has 0 aliphatic carbocycles. The molecule has 0 amide bonds. The predicted molar refractivity (Wildman–Crippen MR) is 65.8 cm³/mol. The molecular formula is C10H18N4O2S. The second-order valence-electron chi connectivity index (χ2n) is 4.56. The van der Waals surface area contributed by atoms with E-state index in [4.69, 9.17) is 0 Å². The van der Waals surface area contributed by atoms with E-state index in [-0.39, 0.29) is 0 Å². The van der Waals surface area contributed by atoms with Crippen LogP contribution >= 0.6 is 0 Å². The maximum Gasteiger partial charge on any atom is 0.209 e. The molecule has 0 aliphatic heterocycles. The number of aromatic nitrogens is 2. The largest absolute Gasteiger partial charge is 0.309 e. The Kier molecular flexibility index (Phi) is 4.55. The predicted octanol–water partition coefficient (Wildman–Crippen LogP) is -0.106. The molecule has 0 spiro atoms. The van der Waals surface area contributed by atoms with E-state index >= 15 is 0 Å². The lowest BCUT2D eigenvalue weighted by Crippen LogP contribution is -2.49. The van der Waals surface area contributed by atoms with Crippen molar-refractivity contribution < 1.29 is 8.42 Å². The van der Waals surface area contributed by atoms with Crippen LogP contribution in [0.15, 0.2) is 18.6 Å². The zero-order valence-electron chi connectivity index (χ0n) is 10.3. The van der Waals surface area contributed by atoms with Gasteiger partial charge in [-0.1, -0.05) is 0 Å². The molecule has 0 saturated heterocycles. The molecule has 0 atom stereocenters. The van der Waals surface area contributed by atoms with Crippen molar-refractivity contribution in [2.45, 2.75) is 25.9 Å². The molecule has 1 aromatic heterocycles. The van der Waals surface area contributed by atoms with Crippen molar-refractivity contribution in [3.63, 3.8) is 0 Å². The quantitative estimate of drug-likeness (QED) is 0.744. The third-order valence-electron chi connectivity index (χ3n) is 1.98. The van der Waals surface area contributed by atoms with Crippen LogP contribution in [-0.2, 0) is 16.6 Å². The van der Waals surface area contributed by atoms with Gasteiger partial charge in [0, 0.05) is 24.8 Å². The van der Waals surface area contributed by atoms with Gasteiger partial charge in [-0.3, -0.25) is 0 Å². The maximum atomic E-state index is 11.1. The van der Waals surface area contributed by atoms with Gasteiger partial charge in [0.25, 0.3) is 0 Å². The Balaban J connectivity index is 2.40. The number of nitrogens with zero attached hydrogens (tertiary/aromatic N) is 2. The number of nitrogens with one attached hydrogen (secondary N) is 2. The number of hydrogen-bond acceptors (Lipinski definition) is 5. The molecule has 0 aromatic carbocycles. The third-order valence-corrected chi connectivity index (χ3v) is 2.90. The Bertz CT molecular complexity index is 445. The third kappa shape index (κ3) is 6.30. The number of rotatable bonds is 6. The molecule has 7 heteroatoms. The standard InChI is InChI=1S/C10H18N4O2S/c1-10(2,14-17(3,15)16)7-12-6-9-4-5-11-8-13-9/h4-5,8,12,14H,6-7H2,1-3H3. The van der Waals surface area contributed by atoms with Crippen molar-refractivity contribution in [3.05, 3.63) is 24.3 Å². The lowest BCUT2D eigenvalue weighted by molar-refractivity contribution is 0.420. The van der Waals surface area contributed by atoms with Gasteiger partial charge in [0.15, 0.2) is 0 Å². The average Bonchev–Trinajstić information content (AvgIpc) is 2.15. The Labute approximate surface area is 102 Å². The van der Waals surface area contributed by atoms with Crippen molar-refractivity contribution >= 4 is 10.0 Å². The molecule has 1 heterocycles. The molecule has 17 heavy (non-hydrogen) atoms. The molecule has 2 N–H and O–H groups in total. The highest BCUT2D eigenvalue weighted by molar-refractivity contribution is 7.88. The van der Waals surface area contributed by atoms with Crippen molar-refractivity contribution in [2.75, 3.05) is 12.8 Å². The lowest BCUT2D eigenvalue weighted by Gasteiger charge is -2.25. The first kappa shape index (κ1) is 14.0. The van der Waals surface area contributed by atoms with E-state index in [1.54, 1.807) is 6.20 Å². The second-order valence-corrected chi connectivity index (χ2v) is 6.31. The second kappa shape index (κ2) is 5.52. The van der Waals surface area contributed by atoms with Crippen LogP contribution in [0.1, 0.15) is 19.5 Å². The Morgan fingerprint density at radius 2 is 2.12 bits per heavy atom. The number of sulfonamides is 1. The van der Waals surface area contributed by atoms with Crippen LogP contribution in [0, 0.1) is 0 Å². The minimum Gasteiger partial charge on any atom is -0.309 e. The maximum absolute atomic E-state index is 11.1. The normalized spacial score (nSPS) is 12.6. The average molecular weight is 258 g/mol. The summed E-state index contributed by atoms with van der Waals surface area (Å²) in [5.41, 5.74) is 0.343. The molecular weight excluding hydrogens is 240 g/mol.